The van der Waals surface area contributed by atoms with Gasteiger partial charge in [0.2, 0.25) is 0 Å². The Morgan fingerprint density at radius 3 is 2.73 bits per heavy atom. The number of para-hydroxylation sites is 1. The van der Waals surface area contributed by atoms with E-state index in [0.29, 0.717) is 18.0 Å². The molecule has 1 amide bonds. The summed E-state index contributed by atoms with van der Waals surface area (Å²) in [6, 6.07) is 13.1. The number of nitrogens with one attached hydrogen (secondary N) is 1. The van der Waals surface area contributed by atoms with Gasteiger partial charge in [0.05, 0.1) is 12.0 Å². The average Bonchev–Trinajstić information content (AvgIpc) is 3.21. The highest BCUT2D eigenvalue weighted by molar-refractivity contribution is 5.97. The van der Waals surface area contributed by atoms with Gasteiger partial charge in [0.15, 0.2) is 11.5 Å². The van der Waals surface area contributed by atoms with Crippen LogP contribution in [0.15, 0.2) is 53.1 Å². The minimum Gasteiger partial charge on any atom is -0.463 e. The standard InChI is InChI=1S/C16H16N4O2/c1-2-10-17-16(21)14-15(13-9-6-11-22-13)20(19-18-14)12-7-4-3-5-8-12/h3-9,11H,2,10H2,1H3,(H,17,21). The van der Waals surface area contributed by atoms with Crippen LogP contribution in [-0.4, -0.2) is 27.4 Å². The summed E-state index contributed by atoms with van der Waals surface area (Å²) in [7, 11) is 0. The number of benzene rings is 1. The summed E-state index contributed by atoms with van der Waals surface area (Å²) in [5.74, 6) is 0.297. The van der Waals surface area contributed by atoms with Crippen molar-refractivity contribution in [2.75, 3.05) is 6.54 Å². The molecule has 6 nitrogen and oxygen atoms in total. The normalized spacial score (nSPS) is 10.6. The second-order valence-electron chi connectivity index (χ2n) is 4.77. The molecule has 0 fully saturated rings. The summed E-state index contributed by atoms with van der Waals surface area (Å²) in [5, 5.41) is 11.0. The molecule has 1 N–H and O–H groups in total. The van der Waals surface area contributed by atoms with Gasteiger partial charge in [-0.1, -0.05) is 30.3 Å². The third kappa shape index (κ3) is 2.63. The van der Waals surface area contributed by atoms with Gasteiger partial charge in [-0.05, 0) is 30.7 Å². The van der Waals surface area contributed by atoms with Crippen molar-refractivity contribution in [3.63, 3.8) is 0 Å². The van der Waals surface area contributed by atoms with E-state index < -0.39 is 0 Å². The lowest BCUT2D eigenvalue weighted by molar-refractivity contribution is 0.0949. The average molecular weight is 296 g/mol. The molecule has 112 valence electrons. The summed E-state index contributed by atoms with van der Waals surface area (Å²) < 4.78 is 7.07. The third-order valence-corrected chi connectivity index (χ3v) is 3.18. The second kappa shape index (κ2) is 6.26. The highest BCUT2D eigenvalue weighted by Crippen LogP contribution is 2.25. The first kappa shape index (κ1) is 14.1. The first-order valence-electron chi connectivity index (χ1n) is 7.14. The first-order valence-corrected chi connectivity index (χ1v) is 7.14. The summed E-state index contributed by atoms with van der Waals surface area (Å²) in [4.78, 5) is 12.3. The topological polar surface area (TPSA) is 73.0 Å². The van der Waals surface area contributed by atoms with Gasteiger partial charge < -0.3 is 9.73 Å². The Bertz CT molecular complexity index is 748. The molecular weight excluding hydrogens is 280 g/mol. The maximum Gasteiger partial charge on any atom is 0.274 e. The number of hydrogen-bond acceptors (Lipinski definition) is 4. The minimum absolute atomic E-state index is 0.254. The van der Waals surface area contributed by atoms with Crippen molar-refractivity contribution in [2.24, 2.45) is 0 Å². The molecule has 0 aliphatic heterocycles. The Hall–Kier alpha value is -2.89. The SMILES string of the molecule is CCCNC(=O)c1nnn(-c2ccccc2)c1-c1ccco1. The smallest absolute Gasteiger partial charge is 0.274 e. The molecule has 0 aliphatic rings. The zero-order chi connectivity index (χ0) is 15.4. The van der Waals surface area contributed by atoms with Crippen LogP contribution in [0, 0.1) is 0 Å². The molecule has 3 aromatic rings. The largest absolute Gasteiger partial charge is 0.463 e. The van der Waals surface area contributed by atoms with Gasteiger partial charge in [-0.3, -0.25) is 4.79 Å². The van der Waals surface area contributed by atoms with Gasteiger partial charge in [0.1, 0.15) is 5.69 Å². The number of carbonyl (C=O) groups excluding carboxylic acids is 1. The third-order valence-electron chi connectivity index (χ3n) is 3.18. The van der Waals surface area contributed by atoms with Crippen molar-refractivity contribution >= 4 is 5.91 Å². The van der Waals surface area contributed by atoms with E-state index in [1.54, 1.807) is 23.1 Å². The Balaban J connectivity index is 2.09. The number of aromatic nitrogens is 3. The number of hydrogen-bond donors (Lipinski definition) is 1. The van der Waals surface area contributed by atoms with Crippen molar-refractivity contribution in [3.8, 4) is 17.1 Å². The van der Waals surface area contributed by atoms with Gasteiger partial charge in [-0.2, -0.15) is 0 Å². The summed E-state index contributed by atoms with van der Waals surface area (Å²) in [6.45, 7) is 2.59. The fourth-order valence-corrected chi connectivity index (χ4v) is 2.14. The molecule has 2 heterocycles. The molecule has 0 saturated carbocycles. The summed E-state index contributed by atoms with van der Waals surface area (Å²) in [6.07, 6.45) is 2.42. The molecule has 3 rings (SSSR count). The van der Waals surface area contributed by atoms with Gasteiger partial charge in [0, 0.05) is 6.54 Å². The van der Waals surface area contributed by atoms with Crippen LogP contribution in [0.4, 0.5) is 0 Å². The maximum absolute atomic E-state index is 12.3. The van der Waals surface area contributed by atoms with Crippen LogP contribution in [-0.2, 0) is 0 Å². The molecule has 0 saturated heterocycles. The van der Waals surface area contributed by atoms with Crippen LogP contribution in [0.3, 0.4) is 0 Å². The number of furan rings is 1. The van der Waals surface area contributed by atoms with E-state index in [2.05, 4.69) is 15.6 Å². The Morgan fingerprint density at radius 2 is 2.05 bits per heavy atom. The van der Waals surface area contributed by atoms with E-state index >= 15 is 0 Å². The molecule has 0 aliphatic carbocycles. The molecule has 2 aromatic heterocycles. The fourth-order valence-electron chi connectivity index (χ4n) is 2.14. The fraction of sp³-hybridized carbons (Fsp3) is 0.188. The minimum atomic E-state index is -0.254. The van der Waals surface area contributed by atoms with Crippen LogP contribution >= 0.6 is 0 Å². The highest BCUT2D eigenvalue weighted by atomic mass is 16.3. The zero-order valence-corrected chi connectivity index (χ0v) is 12.2. The van der Waals surface area contributed by atoms with Crippen LogP contribution in [0.2, 0.25) is 0 Å². The molecule has 0 unspecified atom stereocenters. The van der Waals surface area contributed by atoms with Gasteiger partial charge in [-0.25, -0.2) is 4.68 Å². The predicted octanol–water partition coefficient (Wildman–Crippen LogP) is 2.67. The number of nitrogens with zero attached hydrogens (tertiary/aromatic N) is 3. The van der Waals surface area contributed by atoms with Gasteiger partial charge in [-0.15, -0.1) is 5.10 Å². The molecule has 0 radical (unpaired) electrons. The Morgan fingerprint density at radius 1 is 1.23 bits per heavy atom. The van der Waals surface area contributed by atoms with Gasteiger partial charge >= 0.3 is 0 Å². The van der Waals surface area contributed by atoms with E-state index in [1.807, 2.05) is 37.3 Å². The van der Waals surface area contributed by atoms with Crippen LogP contribution in [0.5, 0.6) is 0 Å². The Labute approximate surface area is 127 Å². The predicted molar refractivity (Wildman–Crippen MR) is 81.7 cm³/mol. The summed E-state index contributed by atoms with van der Waals surface area (Å²) in [5.41, 5.74) is 1.62. The quantitative estimate of drug-likeness (QED) is 0.785. The summed E-state index contributed by atoms with van der Waals surface area (Å²) >= 11 is 0. The van der Waals surface area contributed by atoms with E-state index in [4.69, 9.17) is 4.42 Å². The van der Waals surface area contributed by atoms with Crippen molar-refractivity contribution in [2.45, 2.75) is 13.3 Å². The highest BCUT2D eigenvalue weighted by Gasteiger charge is 2.23. The molecule has 0 bridgehead atoms. The van der Waals surface area contributed by atoms with E-state index in [0.717, 1.165) is 12.1 Å². The lowest BCUT2D eigenvalue weighted by Crippen LogP contribution is -2.25. The molecule has 6 heteroatoms. The molecule has 0 atom stereocenters. The molecule has 0 spiro atoms. The Kier molecular flexibility index (Phi) is 4.00. The maximum atomic E-state index is 12.3. The van der Waals surface area contributed by atoms with Crippen molar-refractivity contribution in [1.82, 2.24) is 20.3 Å². The molecular formula is C16H16N4O2. The molecule has 22 heavy (non-hydrogen) atoms. The monoisotopic (exact) mass is 296 g/mol. The van der Waals surface area contributed by atoms with Crippen LogP contribution in [0.1, 0.15) is 23.8 Å². The lowest BCUT2D eigenvalue weighted by Gasteiger charge is -2.06. The second-order valence-corrected chi connectivity index (χ2v) is 4.77. The molecule has 1 aromatic carbocycles. The van der Waals surface area contributed by atoms with Crippen LogP contribution in [0.25, 0.3) is 17.1 Å². The van der Waals surface area contributed by atoms with Crippen molar-refractivity contribution < 1.29 is 9.21 Å². The van der Waals surface area contributed by atoms with Crippen LogP contribution < -0.4 is 5.32 Å². The zero-order valence-electron chi connectivity index (χ0n) is 12.2. The van der Waals surface area contributed by atoms with E-state index in [9.17, 15) is 4.79 Å². The first-order chi connectivity index (χ1) is 10.8. The van der Waals surface area contributed by atoms with Crippen molar-refractivity contribution in [1.29, 1.82) is 0 Å². The van der Waals surface area contributed by atoms with E-state index in [1.165, 1.54) is 0 Å². The number of amides is 1. The van der Waals surface area contributed by atoms with Crippen molar-refractivity contribution in [3.05, 3.63) is 54.4 Å². The number of rotatable bonds is 5. The lowest BCUT2D eigenvalue weighted by atomic mass is 10.2. The van der Waals surface area contributed by atoms with Gasteiger partial charge in [0.25, 0.3) is 5.91 Å². The van der Waals surface area contributed by atoms with E-state index in [-0.39, 0.29) is 11.6 Å². The number of carbonyl (C=O) groups is 1.